The highest BCUT2D eigenvalue weighted by Gasteiger charge is 2.10. The molecular weight excluding hydrogens is 394 g/mol. The minimum Gasteiger partial charge on any atom is -0.394 e. The number of nitrogens with zero attached hydrogens (tertiary/aromatic N) is 3. The van der Waals surface area contributed by atoms with Gasteiger partial charge >= 0.3 is 0 Å². The lowest BCUT2D eigenvalue weighted by molar-refractivity contribution is 0.281. The highest BCUT2D eigenvalue weighted by molar-refractivity contribution is 9.10. The van der Waals surface area contributed by atoms with Crippen molar-refractivity contribution < 1.29 is 5.11 Å². The zero-order valence-electron chi connectivity index (χ0n) is 14.4. The number of aromatic nitrogens is 3. The van der Waals surface area contributed by atoms with E-state index in [0.29, 0.717) is 24.0 Å². The number of anilines is 2. The first-order valence-electron chi connectivity index (χ1n) is 8.30. The molecule has 1 atom stereocenters. The molecule has 1 aromatic carbocycles. The molecule has 0 amide bonds. The molecule has 0 fully saturated rings. The van der Waals surface area contributed by atoms with E-state index in [1.165, 1.54) is 0 Å². The molecule has 3 N–H and O–H groups in total. The molecule has 0 aliphatic carbocycles. The van der Waals surface area contributed by atoms with Crippen molar-refractivity contribution in [1.82, 2.24) is 15.0 Å². The predicted octanol–water partition coefficient (Wildman–Crippen LogP) is 3.71. The monoisotopic (exact) mass is 413 g/mol. The Bertz CT molecular complexity index is 842. The fraction of sp³-hybridized carbons (Fsp3) is 0.211. The minimum atomic E-state index is -0.145. The van der Waals surface area contributed by atoms with E-state index < -0.39 is 0 Å². The van der Waals surface area contributed by atoms with Crippen molar-refractivity contribution >= 4 is 27.7 Å². The van der Waals surface area contributed by atoms with Crippen LogP contribution in [0.1, 0.15) is 12.5 Å². The number of nitrogens with one attached hydrogen (secondary N) is 2. The number of hydrogen-bond acceptors (Lipinski definition) is 6. The molecule has 2 aromatic heterocycles. The van der Waals surface area contributed by atoms with Gasteiger partial charge in [-0.15, -0.1) is 0 Å². The lowest BCUT2D eigenvalue weighted by Crippen LogP contribution is -2.21. The van der Waals surface area contributed by atoms with E-state index in [0.717, 1.165) is 15.7 Å². The van der Waals surface area contributed by atoms with Gasteiger partial charge in [0, 0.05) is 29.3 Å². The van der Waals surface area contributed by atoms with Crippen LogP contribution in [-0.2, 0) is 6.54 Å². The first kappa shape index (κ1) is 18.3. The number of hydrogen-bond donors (Lipinski definition) is 3. The number of aliphatic hydroxyl groups is 1. The summed E-state index contributed by atoms with van der Waals surface area (Å²) in [6, 6.07) is 15.5. The SMILES string of the molecule is C[C@@H](CO)Nc1nc(NCc2ccc(Br)cc2)cc(-c2ccccn2)n1. The maximum atomic E-state index is 9.28. The topological polar surface area (TPSA) is 83.0 Å². The van der Waals surface area contributed by atoms with E-state index in [4.69, 9.17) is 0 Å². The summed E-state index contributed by atoms with van der Waals surface area (Å²) < 4.78 is 1.05. The Kier molecular flexibility index (Phi) is 6.14. The summed E-state index contributed by atoms with van der Waals surface area (Å²) in [5.74, 6) is 1.14. The average molecular weight is 414 g/mol. The van der Waals surface area contributed by atoms with Crippen molar-refractivity contribution in [2.75, 3.05) is 17.2 Å². The second-order valence-corrected chi connectivity index (χ2v) is 6.80. The molecule has 6 nitrogen and oxygen atoms in total. The Morgan fingerprint density at radius 2 is 1.88 bits per heavy atom. The molecule has 0 spiro atoms. The molecule has 134 valence electrons. The smallest absolute Gasteiger partial charge is 0.225 e. The van der Waals surface area contributed by atoms with Crippen LogP contribution in [0.5, 0.6) is 0 Å². The molecule has 0 bridgehead atoms. The van der Waals surface area contributed by atoms with Crippen molar-refractivity contribution in [2.45, 2.75) is 19.5 Å². The third-order valence-electron chi connectivity index (χ3n) is 3.69. The van der Waals surface area contributed by atoms with Gasteiger partial charge < -0.3 is 15.7 Å². The van der Waals surface area contributed by atoms with Crippen LogP contribution < -0.4 is 10.6 Å². The maximum Gasteiger partial charge on any atom is 0.225 e. The third-order valence-corrected chi connectivity index (χ3v) is 4.22. The molecule has 0 saturated heterocycles. The van der Waals surface area contributed by atoms with Crippen molar-refractivity contribution in [3.8, 4) is 11.4 Å². The minimum absolute atomic E-state index is 0.00116. The van der Waals surface area contributed by atoms with E-state index in [-0.39, 0.29) is 12.6 Å². The van der Waals surface area contributed by atoms with Crippen LogP contribution in [0.2, 0.25) is 0 Å². The van der Waals surface area contributed by atoms with Crippen molar-refractivity contribution in [2.24, 2.45) is 0 Å². The van der Waals surface area contributed by atoms with Gasteiger partial charge in [0.2, 0.25) is 5.95 Å². The molecule has 0 aliphatic rings. The van der Waals surface area contributed by atoms with Crippen molar-refractivity contribution in [1.29, 1.82) is 0 Å². The Balaban J connectivity index is 1.85. The molecule has 3 aromatic rings. The van der Waals surface area contributed by atoms with Crippen LogP contribution in [-0.4, -0.2) is 32.7 Å². The largest absolute Gasteiger partial charge is 0.394 e. The second-order valence-electron chi connectivity index (χ2n) is 5.88. The quantitative estimate of drug-likeness (QED) is 0.547. The molecule has 26 heavy (non-hydrogen) atoms. The summed E-state index contributed by atoms with van der Waals surface area (Å²) in [5, 5.41) is 15.7. The van der Waals surface area contributed by atoms with Crippen molar-refractivity contribution in [3.05, 3.63) is 64.8 Å². The lowest BCUT2D eigenvalue weighted by atomic mass is 10.2. The average Bonchev–Trinajstić information content (AvgIpc) is 2.68. The lowest BCUT2D eigenvalue weighted by Gasteiger charge is -2.14. The summed E-state index contributed by atoms with van der Waals surface area (Å²) in [6.07, 6.45) is 1.73. The van der Waals surface area contributed by atoms with Gasteiger partial charge in [0.1, 0.15) is 5.82 Å². The fourth-order valence-corrected chi connectivity index (χ4v) is 2.57. The second kappa shape index (κ2) is 8.73. The van der Waals surface area contributed by atoms with Gasteiger partial charge in [-0.1, -0.05) is 34.1 Å². The number of benzene rings is 1. The molecule has 0 unspecified atom stereocenters. The summed E-state index contributed by atoms with van der Waals surface area (Å²) in [5.41, 5.74) is 2.62. The van der Waals surface area contributed by atoms with Crippen LogP contribution in [0, 0.1) is 0 Å². The number of rotatable bonds is 7. The van der Waals surface area contributed by atoms with E-state index in [1.54, 1.807) is 6.20 Å². The van der Waals surface area contributed by atoms with Crippen LogP contribution in [0.25, 0.3) is 11.4 Å². The molecule has 2 heterocycles. The normalized spacial score (nSPS) is 11.8. The Morgan fingerprint density at radius 3 is 2.58 bits per heavy atom. The maximum absolute atomic E-state index is 9.28. The Morgan fingerprint density at radius 1 is 1.08 bits per heavy atom. The Hall–Kier alpha value is -2.51. The van der Waals surface area contributed by atoms with Crippen molar-refractivity contribution in [3.63, 3.8) is 0 Å². The fourth-order valence-electron chi connectivity index (χ4n) is 2.31. The van der Waals surface area contributed by atoms with Gasteiger partial charge in [0.25, 0.3) is 0 Å². The zero-order chi connectivity index (χ0) is 18.4. The zero-order valence-corrected chi connectivity index (χ0v) is 15.9. The van der Waals surface area contributed by atoms with Crippen LogP contribution >= 0.6 is 15.9 Å². The molecule has 0 aliphatic heterocycles. The molecular formula is C19H20BrN5O. The third kappa shape index (κ3) is 5.00. The standard InChI is InChI=1S/C19H20BrN5O/c1-13(12-26)23-19-24-17(16-4-2-3-9-21-16)10-18(25-19)22-11-14-5-7-15(20)8-6-14/h2-10,13,26H,11-12H2,1H3,(H2,22,23,24,25)/t13-/m0/s1. The molecule has 0 radical (unpaired) electrons. The number of halogens is 1. The van der Waals surface area contributed by atoms with Gasteiger partial charge in [0.15, 0.2) is 0 Å². The number of aliphatic hydroxyl groups excluding tert-OH is 1. The van der Waals surface area contributed by atoms with Crippen LogP contribution in [0.4, 0.5) is 11.8 Å². The van der Waals surface area contributed by atoms with Crippen LogP contribution in [0.15, 0.2) is 59.2 Å². The molecule has 3 rings (SSSR count). The molecule has 0 saturated carbocycles. The highest BCUT2D eigenvalue weighted by Crippen LogP contribution is 2.20. The summed E-state index contributed by atoms with van der Waals surface area (Å²) in [4.78, 5) is 13.4. The Labute approximate surface area is 160 Å². The van der Waals surface area contributed by atoms with Gasteiger partial charge in [-0.05, 0) is 36.8 Å². The van der Waals surface area contributed by atoms with E-state index in [9.17, 15) is 5.11 Å². The van der Waals surface area contributed by atoms with Crippen LogP contribution in [0.3, 0.4) is 0 Å². The van der Waals surface area contributed by atoms with Gasteiger partial charge in [-0.25, -0.2) is 4.98 Å². The van der Waals surface area contributed by atoms with E-state index in [1.807, 2.05) is 55.5 Å². The van der Waals surface area contributed by atoms with E-state index >= 15 is 0 Å². The molecule has 7 heteroatoms. The predicted molar refractivity (Wildman–Crippen MR) is 107 cm³/mol. The summed E-state index contributed by atoms with van der Waals surface area (Å²) in [7, 11) is 0. The highest BCUT2D eigenvalue weighted by atomic mass is 79.9. The van der Waals surface area contributed by atoms with E-state index in [2.05, 4.69) is 41.5 Å². The van der Waals surface area contributed by atoms with Gasteiger partial charge in [-0.3, -0.25) is 4.98 Å². The summed E-state index contributed by atoms with van der Waals surface area (Å²) in [6.45, 7) is 2.51. The number of pyridine rings is 1. The summed E-state index contributed by atoms with van der Waals surface area (Å²) >= 11 is 3.44. The van der Waals surface area contributed by atoms with Gasteiger partial charge in [0.05, 0.1) is 18.0 Å². The van der Waals surface area contributed by atoms with Gasteiger partial charge in [-0.2, -0.15) is 4.98 Å². The first-order chi connectivity index (χ1) is 12.6. The first-order valence-corrected chi connectivity index (χ1v) is 9.09.